The van der Waals surface area contributed by atoms with Crippen LogP contribution in [0.3, 0.4) is 0 Å². The van der Waals surface area contributed by atoms with E-state index in [1.165, 1.54) is 0 Å². The first-order valence-corrected chi connectivity index (χ1v) is 9.64. The molecule has 0 bridgehead atoms. The zero-order chi connectivity index (χ0) is 22.0. The van der Waals surface area contributed by atoms with Crippen molar-refractivity contribution in [3.05, 3.63) is 66.4 Å². The highest BCUT2D eigenvalue weighted by Crippen LogP contribution is 2.29. The number of aliphatic hydroxyl groups excluding tert-OH is 1. The fourth-order valence-corrected chi connectivity index (χ4v) is 3.03. The second kappa shape index (κ2) is 8.50. The van der Waals surface area contributed by atoms with Gasteiger partial charge in [-0.3, -0.25) is 9.80 Å². The third kappa shape index (κ3) is 4.23. The predicted molar refractivity (Wildman–Crippen MR) is 118 cm³/mol. The molecule has 3 N–H and O–H groups in total. The van der Waals surface area contributed by atoms with E-state index in [9.17, 15) is 5.11 Å². The zero-order valence-corrected chi connectivity index (χ0v) is 17.5. The molecule has 2 aromatic carbocycles. The quantitative estimate of drug-likeness (QED) is 0.456. The summed E-state index contributed by atoms with van der Waals surface area (Å²) in [4.78, 5) is 12.3. The third-order valence-electron chi connectivity index (χ3n) is 4.84. The van der Waals surface area contributed by atoms with Crippen LogP contribution >= 0.6 is 0 Å². The average molecular weight is 417 g/mol. The van der Waals surface area contributed by atoms with E-state index in [2.05, 4.69) is 20.2 Å². The second-order valence-corrected chi connectivity index (χ2v) is 7.23. The molecule has 2 heterocycles. The van der Waals surface area contributed by atoms with Crippen molar-refractivity contribution in [2.45, 2.75) is 6.23 Å². The number of aliphatic hydroxyl groups is 1. The van der Waals surface area contributed by atoms with Crippen LogP contribution in [0.4, 0.5) is 17.5 Å². The van der Waals surface area contributed by atoms with Gasteiger partial charge in [0.1, 0.15) is 6.23 Å². The molecular weight excluding hydrogens is 394 g/mol. The molecule has 2 aromatic heterocycles. The molecule has 9 nitrogen and oxygen atoms in total. The van der Waals surface area contributed by atoms with Crippen LogP contribution in [0.15, 0.2) is 65.2 Å². The monoisotopic (exact) mass is 417 g/mol. The van der Waals surface area contributed by atoms with Gasteiger partial charge in [-0.1, -0.05) is 47.6 Å². The van der Waals surface area contributed by atoms with Gasteiger partial charge in [-0.15, -0.1) is 5.10 Å². The Morgan fingerprint density at radius 2 is 1.68 bits per heavy atom. The van der Waals surface area contributed by atoms with Gasteiger partial charge in [0, 0.05) is 18.3 Å². The summed E-state index contributed by atoms with van der Waals surface area (Å²) < 4.78 is 5.82. The van der Waals surface area contributed by atoms with Crippen molar-refractivity contribution in [3.8, 4) is 22.8 Å². The van der Waals surface area contributed by atoms with E-state index >= 15 is 0 Å². The molecule has 0 amide bonds. The fourth-order valence-electron chi connectivity index (χ4n) is 3.03. The van der Waals surface area contributed by atoms with Crippen LogP contribution in [-0.2, 0) is 0 Å². The molecule has 1 unspecified atom stereocenters. The molecule has 9 heteroatoms. The first-order valence-electron chi connectivity index (χ1n) is 9.64. The summed E-state index contributed by atoms with van der Waals surface area (Å²) in [6, 6.07) is 17.4. The molecule has 0 saturated heterocycles. The summed E-state index contributed by atoms with van der Waals surface area (Å²) in [7, 11) is 5.45. The van der Waals surface area contributed by atoms with Crippen molar-refractivity contribution >= 4 is 17.5 Å². The molecule has 1 atom stereocenters. The Bertz CT molecular complexity index is 1160. The van der Waals surface area contributed by atoms with Crippen molar-refractivity contribution in [1.82, 2.24) is 25.1 Å². The lowest BCUT2D eigenvalue weighted by molar-refractivity contribution is 0.0395. The van der Waals surface area contributed by atoms with Gasteiger partial charge in [0.25, 0.3) is 5.89 Å². The molecule has 0 spiro atoms. The molecule has 0 fully saturated rings. The third-order valence-corrected chi connectivity index (χ3v) is 4.84. The van der Waals surface area contributed by atoms with E-state index in [0.29, 0.717) is 17.4 Å². The highest BCUT2D eigenvalue weighted by Gasteiger charge is 2.18. The molecular formula is C22H23N7O2. The van der Waals surface area contributed by atoms with Gasteiger partial charge in [0.2, 0.25) is 0 Å². The Labute approximate surface area is 179 Å². The molecule has 0 aliphatic heterocycles. The molecule has 0 aliphatic carbocycles. The molecule has 0 aliphatic rings. The maximum Gasteiger partial charge on any atom is 0.322 e. The van der Waals surface area contributed by atoms with Crippen LogP contribution in [0.25, 0.3) is 22.8 Å². The average Bonchev–Trinajstić information content (AvgIpc) is 3.29. The van der Waals surface area contributed by atoms with Crippen LogP contribution in [0, 0.1) is 0 Å². The van der Waals surface area contributed by atoms with Gasteiger partial charge in [0.05, 0.1) is 11.9 Å². The first kappa shape index (κ1) is 20.5. The van der Waals surface area contributed by atoms with Crippen molar-refractivity contribution < 1.29 is 9.52 Å². The summed E-state index contributed by atoms with van der Waals surface area (Å²) in [6.07, 6.45) is 0.907. The first-order chi connectivity index (χ1) is 14.9. The maximum absolute atomic E-state index is 10.2. The zero-order valence-electron chi connectivity index (χ0n) is 17.5. The second-order valence-electron chi connectivity index (χ2n) is 7.23. The van der Waals surface area contributed by atoms with Crippen molar-refractivity contribution in [1.29, 1.82) is 0 Å². The van der Waals surface area contributed by atoms with E-state index in [1.807, 2.05) is 75.7 Å². The summed E-state index contributed by atoms with van der Waals surface area (Å²) in [6.45, 7) is 0. The van der Waals surface area contributed by atoms with Crippen LogP contribution < -0.4 is 10.6 Å². The van der Waals surface area contributed by atoms with Gasteiger partial charge in [-0.05, 0) is 31.8 Å². The van der Waals surface area contributed by atoms with E-state index < -0.39 is 6.23 Å². The Morgan fingerprint density at radius 3 is 2.35 bits per heavy atom. The Kier molecular flexibility index (Phi) is 5.61. The number of nitrogens with two attached hydrogens (primary N) is 1. The van der Waals surface area contributed by atoms with E-state index in [-0.39, 0.29) is 11.7 Å². The lowest BCUT2D eigenvalue weighted by Crippen LogP contribution is -2.18. The molecule has 31 heavy (non-hydrogen) atoms. The van der Waals surface area contributed by atoms with E-state index in [1.54, 1.807) is 16.0 Å². The van der Waals surface area contributed by atoms with Gasteiger partial charge in [-0.2, -0.15) is 0 Å². The Morgan fingerprint density at radius 1 is 0.968 bits per heavy atom. The van der Waals surface area contributed by atoms with Crippen molar-refractivity contribution in [2.75, 3.05) is 31.8 Å². The lowest BCUT2D eigenvalue weighted by atomic mass is 10.1. The number of nitrogen functional groups attached to an aromatic ring is 1. The minimum Gasteiger partial charge on any atom is -0.401 e. The van der Waals surface area contributed by atoms with Gasteiger partial charge in [-0.25, -0.2) is 9.97 Å². The van der Waals surface area contributed by atoms with Crippen LogP contribution in [0.5, 0.6) is 0 Å². The number of rotatable bonds is 6. The van der Waals surface area contributed by atoms with Crippen LogP contribution in [-0.4, -0.2) is 51.3 Å². The minimum absolute atomic E-state index is 0.185. The van der Waals surface area contributed by atoms with Crippen molar-refractivity contribution in [3.63, 3.8) is 0 Å². The van der Waals surface area contributed by atoms with Crippen molar-refractivity contribution in [2.24, 2.45) is 0 Å². The largest absolute Gasteiger partial charge is 0.401 e. The predicted octanol–water partition coefficient (Wildman–Crippen LogP) is 3.10. The number of aromatic nitrogens is 4. The lowest BCUT2D eigenvalue weighted by Gasteiger charge is -2.18. The SMILES string of the molecule is CN(c1ccccc1)c1nnc(-c2nc(-c3ccc(C(O)N(C)C)cc3)cnc2N)o1. The number of anilines is 3. The smallest absolute Gasteiger partial charge is 0.322 e. The Balaban J connectivity index is 1.63. The summed E-state index contributed by atoms with van der Waals surface area (Å²) >= 11 is 0. The molecule has 4 aromatic rings. The number of nitrogens with zero attached hydrogens (tertiary/aromatic N) is 6. The van der Waals surface area contributed by atoms with Crippen LogP contribution in [0.2, 0.25) is 0 Å². The highest BCUT2D eigenvalue weighted by molar-refractivity contribution is 5.68. The number of para-hydroxylation sites is 1. The summed E-state index contributed by atoms with van der Waals surface area (Å²) in [5, 5.41) is 18.4. The van der Waals surface area contributed by atoms with Gasteiger partial charge < -0.3 is 15.3 Å². The molecule has 4 rings (SSSR count). The molecule has 0 radical (unpaired) electrons. The molecule has 0 saturated carbocycles. The normalized spacial score (nSPS) is 12.2. The Hall–Kier alpha value is -3.82. The minimum atomic E-state index is -0.680. The van der Waals surface area contributed by atoms with Gasteiger partial charge in [0.15, 0.2) is 11.5 Å². The topological polar surface area (TPSA) is 117 Å². The van der Waals surface area contributed by atoms with E-state index in [0.717, 1.165) is 16.8 Å². The molecule has 158 valence electrons. The number of hydrogen-bond donors (Lipinski definition) is 2. The highest BCUT2D eigenvalue weighted by atomic mass is 16.4. The standard InChI is InChI=1S/C22H23N7O2/c1-28(2)21(30)15-11-9-14(10-12-15)17-13-24-19(23)18(25-17)20-26-27-22(31-20)29(3)16-7-5-4-6-8-16/h4-13,21,30H,1-3H3,(H2,23,24). The van der Waals surface area contributed by atoms with Gasteiger partial charge >= 0.3 is 6.01 Å². The fraction of sp³-hybridized carbons (Fsp3) is 0.182. The summed E-state index contributed by atoms with van der Waals surface area (Å²) in [5.41, 5.74) is 9.47. The van der Waals surface area contributed by atoms with E-state index in [4.69, 9.17) is 10.2 Å². The number of benzene rings is 2. The van der Waals surface area contributed by atoms with Crippen LogP contribution in [0.1, 0.15) is 11.8 Å². The maximum atomic E-state index is 10.2. The number of hydrogen-bond acceptors (Lipinski definition) is 9. The summed E-state index contributed by atoms with van der Waals surface area (Å²) in [5.74, 6) is 0.380.